The van der Waals surface area contributed by atoms with Crippen molar-refractivity contribution in [1.29, 1.82) is 0 Å². The molecular weight excluding hydrogens is 461 g/mol. The van der Waals surface area contributed by atoms with Crippen LogP contribution in [0.5, 0.6) is 5.75 Å². The van der Waals surface area contributed by atoms with E-state index in [0.29, 0.717) is 5.56 Å². The van der Waals surface area contributed by atoms with Crippen molar-refractivity contribution in [3.05, 3.63) is 24.8 Å². The minimum absolute atomic E-state index is 0.220. The van der Waals surface area contributed by atoms with E-state index in [-0.39, 0.29) is 11.8 Å². The summed E-state index contributed by atoms with van der Waals surface area (Å²) in [5, 5.41) is 13.4. The maximum atomic E-state index is 13.4. The predicted octanol–water partition coefficient (Wildman–Crippen LogP) is 2.52. The smallest absolute Gasteiger partial charge is 0.133 e. The summed E-state index contributed by atoms with van der Waals surface area (Å²) >= 11 is 4.29. The van der Waals surface area contributed by atoms with Gasteiger partial charge in [-0.2, -0.15) is 0 Å². The predicted molar refractivity (Wildman–Crippen MR) is 86.7 cm³/mol. The molecule has 0 radical (unpaired) electrons. The van der Waals surface area contributed by atoms with Crippen molar-refractivity contribution in [2.24, 2.45) is 0 Å². The summed E-state index contributed by atoms with van der Waals surface area (Å²) in [7, 11) is 0. The van der Waals surface area contributed by atoms with Gasteiger partial charge in [-0.1, -0.05) is 0 Å². The average molecular weight is 476 g/mol. The lowest BCUT2D eigenvalue weighted by atomic mass is 10.0. The van der Waals surface area contributed by atoms with Crippen molar-refractivity contribution >= 4 is 45.2 Å². The van der Waals surface area contributed by atoms with Gasteiger partial charge < -0.3 is 10.4 Å². The number of aromatic hydroxyl groups is 1. The minimum Gasteiger partial charge on any atom is -0.506 e. The molecule has 1 aliphatic heterocycles. The average Bonchev–Trinajstić information content (AvgIpc) is 2.37. The molecule has 0 unspecified atom stereocenters. The summed E-state index contributed by atoms with van der Waals surface area (Å²) in [6, 6.07) is 3.44. The Balaban J connectivity index is 2.31. The molecule has 1 heterocycles. The molecule has 0 spiro atoms. The second-order valence-electron chi connectivity index (χ2n) is 4.28. The van der Waals surface area contributed by atoms with Gasteiger partial charge in [-0.05, 0) is 57.3 Å². The van der Waals surface area contributed by atoms with Crippen LogP contribution < -0.4 is 5.32 Å². The first-order valence-electron chi connectivity index (χ1n) is 5.82. The van der Waals surface area contributed by atoms with Crippen LogP contribution in [-0.4, -0.2) is 42.9 Å². The van der Waals surface area contributed by atoms with Gasteiger partial charge in [-0.15, -0.1) is 0 Å². The molecule has 0 aromatic heterocycles. The summed E-state index contributed by atoms with van der Waals surface area (Å²) in [4.78, 5) is 2.09. The fraction of sp³-hybridized carbons (Fsp3) is 0.500. The molecule has 1 atom stereocenters. The van der Waals surface area contributed by atoms with Crippen LogP contribution in [0.25, 0.3) is 0 Å². The number of benzene rings is 1. The number of hydrogen-bond acceptors (Lipinski definition) is 3. The van der Waals surface area contributed by atoms with Crippen LogP contribution in [0.3, 0.4) is 0 Å². The lowest BCUT2D eigenvalue weighted by Crippen LogP contribution is -2.45. The van der Waals surface area contributed by atoms with Crippen LogP contribution in [0.15, 0.2) is 12.1 Å². The largest absolute Gasteiger partial charge is 0.506 e. The number of rotatable bonds is 3. The van der Waals surface area contributed by atoms with Crippen molar-refractivity contribution in [1.82, 2.24) is 10.2 Å². The summed E-state index contributed by atoms with van der Waals surface area (Å²) in [5.74, 6) is 0.220. The number of halogens is 3. The Kier molecular flexibility index (Phi) is 5.46. The number of phenolic OH excluding ortho intramolecular Hbond substituents is 1. The van der Waals surface area contributed by atoms with Gasteiger partial charge in [0.05, 0.1) is 9.61 Å². The molecule has 1 aromatic rings. The van der Waals surface area contributed by atoms with E-state index in [4.69, 9.17) is 0 Å². The molecule has 3 nitrogen and oxygen atoms in total. The molecule has 1 saturated heterocycles. The Labute approximate surface area is 133 Å². The van der Waals surface area contributed by atoms with E-state index in [9.17, 15) is 9.50 Å². The first kappa shape index (κ1) is 14.7. The van der Waals surface area contributed by atoms with Gasteiger partial charge in [0.25, 0.3) is 0 Å². The van der Waals surface area contributed by atoms with Crippen molar-refractivity contribution in [2.75, 3.05) is 32.9 Å². The molecule has 2 rings (SSSR count). The van der Waals surface area contributed by atoms with Crippen LogP contribution in [-0.2, 0) is 0 Å². The molecule has 0 amide bonds. The van der Waals surface area contributed by atoms with Crippen LogP contribution in [0, 0.1) is 7.14 Å². The second kappa shape index (κ2) is 6.67. The van der Waals surface area contributed by atoms with Crippen LogP contribution >= 0.6 is 45.2 Å². The van der Waals surface area contributed by atoms with E-state index < -0.39 is 6.67 Å². The van der Waals surface area contributed by atoms with E-state index in [1.807, 2.05) is 12.1 Å². The Hall–Kier alpha value is 0.330. The Morgan fingerprint density at radius 2 is 2.00 bits per heavy atom. The second-order valence-corrected chi connectivity index (χ2v) is 6.69. The zero-order valence-corrected chi connectivity index (χ0v) is 14.1. The molecule has 0 aliphatic carbocycles. The third-order valence-corrected chi connectivity index (χ3v) is 4.60. The first-order chi connectivity index (χ1) is 8.63. The van der Waals surface area contributed by atoms with E-state index in [0.717, 1.165) is 33.3 Å². The highest BCUT2D eigenvalue weighted by atomic mass is 127. The van der Waals surface area contributed by atoms with Crippen molar-refractivity contribution in [2.45, 2.75) is 6.04 Å². The zero-order valence-electron chi connectivity index (χ0n) is 9.80. The Bertz CT molecular complexity index is 425. The molecule has 18 heavy (non-hydrogen) atoms. The standard InChI is InChI=1S/C12H15FI2N2O/c13-7-11(17-3-1-16-2-4-17)9-5-8(14)6-10(15)12(9)18/h5-6,11,16,18H,1-4,7H2/t11-/m1/s1. The fourth-order valence-corrected chi connectivity index (χ4v) is 4.10. The number of alkyl halides is 1. The lowest BCUT2D eigenvalue weighted by Gasteiger charge is -2.34. The highest BCUT2D eigenvalue weighted by Crippen LogP contribution is 2.34. The van der Waals surface area contributed by atoms with Gasteiger partial charge in [0.2, 0.25) is 0 Å². The van der Waals surface area contributed by atoms with Crippen LogP contribution in [0.2, 0.25) is 0 Å². The molecule has 1 fully saturated rings. The summed E-state index contributed by atoms with van der Waals surface area (Å²) < 4.78 is 15.2. The number of nitrogens with zero attached hydrogens (tertiary/aromatic N) is 1. The zero-order chi connectivity index (χ0) is 13.1. The Morgan fingerprint density at radius 1 is 1.33 bits per heavy atom. The number of nitrogens with one attached hydrogen (secondary N) is 1. The SMILES string of the molecule is Oc1c(I)cc(I)cc1[C@@H](CF)N1CCNCC1. The van der Waals surface area contributed by atoms with E-state index in [1.54, 1.807) is 0 Å². The maximum absolute atomic E-state index is 13.4. The highest BCUT2D eigenvalue weighted by molar-refractivity contribution is 14.1. The fourth-order valence-electron chi connectivity index (χ4n) is 2.21. The lowest BCUT2D eigenvalue weighted by molar-refractivity contribution is 0.145. The first-order valence-corrected chi connectivity index (χ1v) is 7.98. The van der Waals surface area contributed by atoms with Gasteiger partial charge in [0.15, 0.2) is 0 Å². The normalized spacial score (nSPS) is 18.8. The van der Waals surface area contributed by atoms with Gasteiger partial charge in [-0.3, -0.25) is 4.90 Å². The molecule has 1 aromatic carbocycles. The topological polar surface area (TPSA) is 35.5 Å². The van der Waals surface area contributed by atoms with Crippen LogP contribution in [0.1, 0.15) is 11.6 Å². The molecule has 1 aliphatic rings. The molecule has 0 saturated carbocycles. The van der Waals surface area contributed by atoms with Gasteiger partial charge in [0.1, 0.15) is 12.4 Å². The molecule has 6 heteroatoms. The summed E-state index contributed by atoms with van der Waals surface area (Å²) in [6.07, 6.45) is 0. The third-order valence-electron chi connectivity index (χ3n) is 3.16. The van der Waals surface area contributed by atoms with Gasteiger partial charge in [0, 0.05) is 35.3 Å². The van der Waals surface area contributed by atoms with Gasteiger partial charge >= 0.3 is 0 Å². The monoisotopic (exact) mass is 476 g/mol. The van der Waals surface area contributed by atoms with E-state index >= 15 is 0 Å². The minimum atomic E-state index is -0.469. The maximum Gasteiger partial charge on any atom is 0.133 e. The van der Waals surface area contributed by atoms with Crippen molar-refractivity contribution in [3.63, 3.8) is 0 Å². The van der Waals surface area contributed by atoms with E-state index in [1.165, 1.54) is 0 Å². The van der Waals surface area contributed by atoms with Crippen molar-refractivity contribution in [3.8, 4) is 5.75 Å². The molecule has 100 valence electrons. The highest BCUT2D eigenvalue weighted by Gasteiger charge is 2.25. The van der Waals surface area contributed by atoms with Crippen molar-refractivity contribution < 1.29 is 9.50 Å². The Morgan fingerprint density at radius 3 is 2.61 bits per heavy atom. The molecule has 2 N–H and O–H groups in total. The third kappa shape index (κ3) is 3.26. The number of piperazine rings is 1. The summed E-state index contributed by atoms with van der Waals surface area (Å²) in [5.41, 5.74) is 0.704. The summed E-state index contributed by atoms with van der Waals surface area (Å²) in [6.45, 7) is 2.91. The van der Waals surface area contributed by atoms with Crippen LogP contribution in [0.4, 0.5) is 4.39 Å². The van der Waals surface area contributed by atoms with Gasteiger partial charge in [-0.25, -0.2) is 4.39 Å². The molecular formula is C12H15FI2N2O. The number of hydrogen-bond donors (Lipinski definition) is 2. The van der Waals surface area contributed by atoms with E-state index in [2.05, 4.69) is 55.4 Å². The quantitative estimate of drug-likeness (QED) is 0.659. The number of phenols is 1. The molecule has 0 bridgehead atoms.